The Morgan fingerprint density at radius 1 is 0.917 bits per heavy atom. The Kier molecular flexibility index (Phi) is 3.71. The molecule has 0 nitrogen and oxygen atoms in total. The topological polar surface area (TPSA) is 0 Å². The van der Waals surface area contributed by atoms with Crippen molar-refractivity contribution in [2.24, 2.45) is 0 Å². The quantitative estimate of drug-likeness (QED) is 0.651. The lowest BCUT2D eigenvalue weighted by atomic mass is 10.1. The summed E-state index contributed by atoms with van der Waals surface area (Å²) in [7, 11) is 0. The molecule has 0 amide bonds. The van der Waals surface area contributed by atoms with Gasteiger partial charge in [0.05, 0.1) is 13.3 Å². The second kappa shape index (κ2) is 4.86. The van der Waals surface area contributed by atoms with E-state index < -0.39 is 0 Å². The summed E-state index contributed by atoms with van der Waals surface area (Å²) in [6.07, 6.45) is 0.861. The first-order chi connectivity index (χ1) is 5.86. The third-order valence-corrected chi connectivity index (χ3v) is 1.76. The van der Waals surface area contributed by atoms with Crippen LogP contribution in [0.4, 0.5) is 8.78 Å². The lowest BCUT2D eigenvalue weighted by Crippen LogP contribution is -1.91. The highest BCUT2D eigenvalue weighted by molar-refractivity contribution is 5.23. The summed E-state index contributed by atoms with van der Waals surface area (Å²) < 4.78 is 23.8. The maximum Gasteiger partial charge on any atom is 0.0934 e. The van der Waals surface area contributed by atoms with Gasteiger partial charge in [-0.15, -0.1) is 0 Å². The zero-order valence-electron chi connectivity index (χ0n) is 6.89. The molecule has 0 aliphatic heterocycles. The normalized spacial score (nSPS) is 10.2. The van der Waals surface area contributed by atoms with Gasteiger partial charge < -0.3 is 0 Å². The number of halogens is 2. The minimum Gasteiger partial charge on any atom is -0.251 e. The summed E-state index contributed by atoms with van der Waals surface area (Å²) in [6.45, 7) is -0.696. The zero-order chi connectivity index (χ0) is 8.81. The first-order valence-corrected chi connectivity index (χ1v) is 4.06. The maximum atomic E-state index is 11.9. The highest BCUT2D eigenvalue weighted by Gasteiger charge is 1.95. The van der Waals surface area contributed by atoms with E-state index in [0.717, 1.165) is 11.1 Å². The van der Waals surface area contributed by atoms with Crippen molar-refractivity contribution in [3.05, 3.63) is 35.4 Å². The number of hydrogen-bond acceptors (Lipinski definition) is 0. The molecule has 0 spiro atoms. The van der Waals surface area contributed by atoms with Gasteiger partial charge >= 0.3 is 0 Å². The van der Waals surface area contributed by atoms with Crippen LogP contribution in [0.1, 0.15) is 11.1 Å². The molecule has 0 atom stereocenters. The van der Waals surface area contributed by atoms with Crippen molar-refractivity contribution in [3.63, 3.8) is 0 Å². The number of aryl methyl sites for hydroxylation is 2. The molecule has 1 aromatic rings. The number of hydrogen-bond donors (Lipinski definition) is 0. The molecule has 0 aliphatic carbocycles. The number of alkyl halides is 2. The van der Waals surface area contributed by atoms with Crippen LogP contribution < -0.4 is 0 Å². The van der Waals surface area contributed by atoms with Gasteiger partial charge in [-0.1, -0.05) is 24.3 Å². The standard InChI is InChI=1S/C10H12F2/c11-6-4-9-2-1-3-10(8-9)5-7-12/h1-3,8H,4-7H2. The summed E-state index contributed by atoms with van der Waals surface area (Å²) in [5.41, 5.74) is 1.90. The number of benzene rings is 1. The molecule has 0 radical (unpaired) electrons. The maximum absolute atomic E-state index is 11.9. The van der Waals surface area contributed by atoms with Crippen LogP contribution in [0.5, 0.6) is 0 Å². The molecule has 1 aromatic carbocycles. The predicted octanol–water partition coefficient (Wildman–Crippen LogP) is 2.71. The zero-order valence-corrected chi connectivity index (χ0v) is 6.89. The fourth-order valence-corrected chi connectivity index (χ4v) is 1.16. The van der Waals surface area contributed by atoms with Crippen molar-refractivity contribution in [3.8, 4) is 0 Å². The summed E-state index contributed by atoms with van der Waals surface area (Å²) >= 11 is 0. The Morgan fingerprint density at radius 2 is 1.42 bits per heavy atom. The van der Waals surface area contributed by atoms with Crippen molar-refractivity contribution >= 4 is 0 Å². The van der Waals surface area contributed by atoms with E-state index in [1.54, 1.807) is 0 Å². The molecule has 2 heteroatoms. The van der Waals surface area contributed by atoms with Crippen LogP contribution in [-0.2, 0) is 12.8 Å². The van der Waals surface area contributed by atoms with E-state index in [-0.39, 0.29) is 13.3 Å². The smallest absolute Gasteiger partial charge is 0.0934 e. The molecule has 0 N–H and O–H groups in total. The minimum atomic E-state index is -0.348. The van der Waals surface area contributed by atoms with E-state index >= 15 is 0 Å². The van der Waals surface area contributed by atoms with Gasteiger partial charge in [0.1, 0.15) is 0 Å². The molecule has 0 saturated heterocycles. The van der Waals surface area contributed by atoms with Crippen LogP contribution in [-0.4, -0.2) is 13.3 Å². The van der Waals surface area contributed by atoms with Gasteiger partial charge in [0, 0.05) is 12.8 Å². The molecule has 0 unspecified atom stereocenters. The van der Waals surface area contributed by atoms with E-state index in [2.05, 4.69) is 0 Å². The molecule has 0 aliphatic rings. The van der Waals surface area contributed by atoms with Crippen LogP contribution in [0, 0.1) is 0 Å². The second-order valence-electron chi connectivity index (χ2n) is 2.70. The van der Waals surface area contributed by atoms with Gasteiger partial charge in [0.15, 0.2) is 0 Å². The van der Waals surface area contributed by atoms with Crippen molar-refractivity contribution in [2.45, 2.75) is 12.8 Å². The Balaban J connectivity index is 2.67. The van der Waals surface area contributed by atoms with Crippen LogP contribution in [0.15, 0.2) is 24.3 Å². The average Bonchev–Trinajstić information content (AvgIpc) is 2.06. The van der Waals surface area contributed by atoms with Crippen LogP contribution in [0.2, 0.25) is 0 Å². The molecular formula is C10H12F2. The predicted molar refractivity (Wildman–Crippen MR) is 45.8 cm³/mol. The fraction of sp³-hybridized carbons (Fsp3) is 0.400. The number of rotatable bonds is 4. The molecule has 0 aromatic heterocycles. The van der Waals surface area contributed by atoms with Gasteiger partial charge in [-0.2, -0.15) is 0 Å². The van der Waals surface area contributed by atoms with Crippen LogP contribution in [0.3, 0.4) is 0 Å². The third-order valence-electron chi connectivity index (χ3n) is 1.76. The summed E-state index contributed by atoms with van der Waals surface area (Å²) in [5.74, 6) is 0. The fourth-order valence-electron chi connectivity index (χ4n) is 1.16. The van der Waals surface area contributed by atoms with Gasteiger partial charge in [0.2, 0.25) is 0 Å². The molecule has 66 valence electrons. The van der Waals surface area contributed by atoms with Gasteiger partial charge in [0.25, 0.3) is 0 Å². The van der Waals surface area contributed by atoms with Crippen molar-refractivity contribution in [1.82, 2.24) is 0 Å². The Hall–Kier alpha value is -0.920. The van der Waals surface area contributed by atoms with Crippen molar-refractivity contribution in [2.75, 3.05) is 13.3 Å². The Morgan fingerprint density at radius 3 is 1.83 bits per heavy atom. The van der Waals surface area contributed by atoms with Crippen LogP contribution >= 0.6 is 0 Å². The molecule has 12 heavy (non-hydrogen) atoms. The molecule has 0 saturated carbocycles. The Bertz CT molecular complexity index is 212. The van der Waals surface area contributed by atoms with Crippen LogP contribution in [0.25, 0.3) is 0 Å². The van der Waals surface area contributed by atoms with Gasteiger partial charge in [-0.3, -0.25) is 8.78 Å². The molecule has 0 bridgehead atoms. The third kappa shape index (κ3) is 2.61. The summed E-state index contributed by atoms with van der Waals surface area (Å²) in [6, 6.07) is 7.43. The van der Waals surface area contributed by atoms with Gasteiger partial charge in [-0.05, 0) is 11.1 Å². The average molecular weight is 170 g/mol. The van der Waals surface area contributed by atoms with Crippen molar-refractivity contribution in [1.29, 1.82) is 0 Å². The summed E-state index contributed by atoms with van der Waals surface area (Å²) in [4.78, 5) is 0. The lowest BCUT2D eigenvalue weighted by molar-refractivity contribution is 0.492. The molecule has 0 heterocycles. The molecule has 0 fully saturated rings. The van der Waals surface area contributed by atoms with Gasteiger partial charge in [-0.25, -0.2) is 0 Å². The monoisotopic (exact) mass is 170 g/mol. The van der Waals surface area contributed by atoms with E-state index in [1.807, 2.05) is 24.3 Å². The highest BCUT2D eigenvalue weighted by atomic mass is 19.1. The molecular weight excluding hydrogens is 158 g/mol. The largest absolute Gasteiger partial charge is 0.251 e. The van der Waals surface area contributed by atoms with E-state index in [1.165, 1.54) is 0 Å². The first-order valence-electron chi connectivity index (χ1n) is 4.06. The Labute approximate surface area is 71.2 Å². The first kappa shape index (κ1) is 9.17. The van der Waals surface area contributed by atoms with E-state index in [9.17, 15) is 8.78 Å². The molecule has 1 rings (SSSR count). The SMILES string of the molecule is FCCc1cccc(CCF)c1. The second-order valence-corrected chi connectivity index (χ2v) is 2.70. The van der Waals surface area contributed by atoms with E-state index in [0.29, 0.717) is 12.8 Å². The highest BCUT2D eigenvalue weighted by Crippen LogP contribution is 2.07. The van der Waals surface area contributed by atoms with E-state index in [4.69, 9.17) is 0 Å². The minimum absolute atomic E-state index is 0.348. The summed E-state index contributed by atoms with van der Waals surface area (Å²) in [5, 5.41) is 0. The van der Waals surface area contributed by atoms with Crippen molar-refractivity contribution < 1.29 is 8.78 Å². The lowest BCUT2D eigenvalue weighted by Gasteiger charge is -2.00.